The summed E-state index contributed by atoms with van der Waals surface area (Å²) in [5.74, 6) is -0.687. The normalized spacial score (nSPS) is 15.8. The van der Waals surface area contributed by atoms with E-state index in [0.29, 0.717) is 17.0 Å². The number of para-hydroxylation sites is 1. The van der Waals surface area contributed by atoms with Crippen LogP contribution in [0.4, 0.5) is 9.18 Å². The van der Waals surface area contributed by atoms with Crippen molar-refractivity contribution in [2.75, 3.05) is 0 Å². The number of carbonyl (C=O) groups excluding carboxylic acids is 2. The number of benzene rings is 2. The monoisotopic (exact) mass is 392 g/mol. The summed E-state index contributed by atoms with van der Waals surface area (Å²) in [6.45, 7) is 4.56. The molecule has 0 saturated carbocycles. The van der Waals surface area contributed by atoms with Gasteiger partial charge in [0.05, 0.1) is 11.4 Å². The molecule has 1 aromatic heterocycles. The summed E-state index contributed by atoms with van der Waals surface area (Å²) in [6, 6.07) is 13.7. The lowest BCUT2D eigenvalue weighted by Crippen LogP contribution is -2.27. The zero-order valence-corrected chi connectivity index (χ0v) is 15.8. The quantitative estimate of drug-likeness (QED) is 0.443. The SMILES string of the molecule is C=CCn1cc(/C=C2\SC(=O)N(Cc3ccc(F)cc3)C2=O)c2ccccc21. The van der Waals surface area contributed by atoms with Gasteiger partial charge in [-0.2, -0.15) is 0 Å². The molecule has 0 radical (unpaired) electrons. The first-order chi connectivity index (χ1) is 13.6. The first-order valence-electron chi connectivity index (χ1n) is 8.75. The predicted octanol–water partition coefficient (Wildman–Crippen LogP) is 5.20. The molecule has 2 amide bonds. The van der Waals surface area contributed by atoms with Gasteiger partial charge in [-0.15, -0.1) is 6.58 Å². The van der Waals surface area contributed by atoms with Gasteiger partial charge in [-0.05, 0) is 41.6 Å². The van der Waals surface area contributed by atoms with Gasteiger partial charge in [0.15, 0.2) is 0 Å². The number of fused-ring (bicyclic) bond motifs is 1. The molecule has 1 saturated heterocycles. The summed E-state index contributed by atoms with van der Waals surface area (Å²) in [5.41, 5.74) is 2.62. The second-order valence-electron chi connectivity index (χ2n) is 6.44. The highest BCUT2D eigenvalue weighted by Gasteiger charge is 2.35. The van der Waals surface area contributed by atoms with Crippen molar-refractivity contribution in [3.05, 3.63) is 89.2 Å². The molecule has 0 spiro atoms. The molecule has 2 heterocycles. The highest BCUT2D eigenvalue weighted by molar-refractivity contribution is 8.18. The second-order valence-corrected chi connectivity index (χ2v) is 7.43. The van der Waals surface area contributed by atoms with Crippen LogP contribution in [0.3, 0.4) is 0 Å². The Kier molecular flexibility index (Phi) is 4.88. The van der Waals surface area contributed by atoms with Crippen molar-refractivity contribution in [2.45, 2.75) is 13.1 Å². The minimum Gasteiger partial charge on any atom is -0.343 e. The molecule has 140 valence electrons. The van der Waals surface area contributed by atoms with Crippen LogP contribution in [-0.4, -0.2) is 20.6 Å². The van der Waals surface area contributed by atoms with Crippen LogP contribution in [0.25, 0.3) is 17.0 Å². The molecule has 0 atom stereocenters. The molecule has 6 heteroatoms. The summed E-state index contributed by atoms with van der Waals surface area (Å²) in [5, 5.41) is 0.685. The van der Waals surface area contributed by atoms with E-state index >= 15 is 0 Å². The van der Waals surface area contributed by atoms with Gasteiger partial charge in [0.2, 0.25) is 0 Å². The van der Waals surface area contributed by atoms with E-state index in [0.717, 1.165) is 28.2 Å². The number of allylic oxidation sites excluding steroid dienone is 1. The molecule has 3 aromatic rings. The van der Waals surface area contributed by atoms with E-state index in [4.69, 9.17) is 0 Å². The number of halogens is 1. The second kappa shape index (κ2) is 7.48. The van der Waals surface area contributed by atoms with Gasteiger partial charge in [-0.25, -0.2) is 4.39 Å². The third-order valence-electron chi connectivity index (χ3n) is 4.56. The number of rotatable bonds is 5. The number of thioether (sulfide) groups is 1. The first-order valence-corrected chi connectivity index (χ1v) is 9.57. The maximum atomic E-state index is 13.1. The molecule has 1 fully saturated rings. The molecule has 0 N–H and O–H groups in total. The lowest BCUT2D eigenvalue weighted by Gasteiger charge is -2.12. The van der Waals surface area contributed by atoms with E-state index in [2.05, 4.69) is 11.1 Å². The summed E-state index contributed by atoms with van der Waals surface area (Å²) in [4.78, 5) is 26.7. The van der Waals surface area contributed by atoms with Crippen molar-refractivity contribution in [1.29, 1.82) is 0 Å². The van der Waals surface area contributed by atoms with Gasteiger partial charge in [0.1, 0.15) is 5.82 Å². The Balaban J connectivity index is 1.65. The zero-order valence-electron chi connectivity index (χ0n) is 15.0. The van der Waals surface area contributed by atoms with E-state index in [1.807, 2.05) is 36.5 Å². The molecule has 1 aliphatic rings. The molecule has 0 unspecified atom stereocenters. The summed E-state index contributed by atoms with van der Waals surface area (Å²) in [7, 11) is 0. The van der Waals surface area contributed by atoms with Crippen molar-refractivity contribution >= 4 is 39.9 Å². The third kappa shape index (κ3) is 3.39. The van der Waals surface area contributed by atoms with Crippen LogP contribution in [0.5, 0.6) is 0 Å². The highest BCUT2D eigenvalue weighted by atomic mass is 32.2. The number of aromatic nitrogens is 1. The van der Waals surface area contributed by atoms with E-state index in [1.54, 1.807) is 18.2 Å². The molecule has 4 nitrogen and oxygen atoms in total. The minimum atomic E-state index is -0.353. The van der Waals surface area contributed by atoms with Gasteiger partial charge in [-0.3, -0.25) is 14.5 Å². The Morgan fingerprint density at radius 3 is 2.57 bits per heavy atom. The standard InChI is InChI=1S/C22H17FN2O2S/c1-2-11-24-14-16(18-5-3-4-6-19(18)24)12-20-21(26)25(22(27)28-20)13-15-7-9-17(23)10-8-15/h2-10,12,14H,1,11,13H2/b20-12-. The lowest BCUT2D eigenvalue weighted by molar-refractivity contribution is -0.123. The number of carbonyl (C=O) groups is 2. The van der Waals surface area contributed by atoms with Crippen LogP contribution in [0.15, 0.2) is 72.3 Å². The van der Waals surface area contributed by atoms with Crippen LogP contribution < -0.4 is 0 Å². The number of imide groups is 1. The number of hydrogen-bond donors (Lipinski definition) is 0. The fourth-order valence-electron chi connectivity index (χ4n) is 3.23. The Morgan fingerprint density at radius 2 is 1.82 bits per heavy atom. The van der Waals surface area contributed by atoms with E-state index in [-0.39, 0.29) is 23.5 Å². The number of hydrogen-bond acceptors (Lipinski definition) is 3. The maximum absolute atomic E-state index is 13.1. The van der Waals surface area contributed by atoms with Crippen molar-refractivity contribution in [3.8, 4) is 0 Å². The molecule has 4 rings (SSSR count). The highest BCUT2D eigenvalue weighted by Crippen LogP contribution is 2.35. The number of nitrogens with zero attached hydrogens (tertiary/aromatic N) is 2. The zero-order chi connectivity index (χ0) is 19.7. The first kappa shape index (κ1) is 18.3. The minimum absolute atomic E-state index is 0.126. The van der Waals surface area contributed by atoms with E-state index in [9.17, 15) is 14.0 Å². The smallest absolute Gasteiger partial charge is 0.293 e. The van der Waals surface area contributed by atoms with Crippen LogP contribution >= 0.6 is 11.8 Å². The average molecular weight is 392 g/mol. The van der Waals surface area contributed by atoms with Crippen LogP contribution in [0, 0.1) is 5.82 Å². The van der Waals surface area contributed by atoms with Crippen molar-refractivity contribution < 1.29 is 14.0 Å². The molecule has 28 heavy (non-hydrogen) atoms. The van der Waals surface area contributed by atoms with Crippen LogP contribution in [0.2, 0.25) is 0 Å². The third-order valence-corrected chi connectivity index (χ3v) is 5.47. The van der Waals surface area contributed by atoms with Crippen molar-refractivity contribution in [3.63, 3.8) is 0 Å². The van der Waals surface area contributed by atoms with Crippen molar-refractivity contribution in [1.82, 2.24) is 9.47 Å². The molecule has 1 aliphatic heterocycles. The number of amides is 2. The van der Waals surface area contributed by atoms with Gasteiger partial charge >= 0.3 is 0 Å². The van der Waals surface area contributed by atoms with Gasteiger partial charge in [0.25, 0.3) is 11.1 Å². The predicted molar refractivity (Wildman–Crippen MR) is 110 cm³/mol. The fraction of sp³-hybridized carbons (Fsp3) is 0.0909. The largest absolute Gasteiger partial charge is 0.343 e. The Bertz CT molecular complexity index is 1120. The molecule has 2 aromatic carbocycles. The van der Waals surface area contributed by atoms with Crippen LogP contribution in [0.1, 0.15) is 11.1 Å². The summed E-state index contributed by atoms with van der Waals surface area (Å²) >= 11 is 0.925. The lowest BCUT2D eigenvalue weighted by atomic mass is 10.1. The fourth-order valence-corrected chi connectivity index (χ4v) is 4.06. The summed E-state index contributed by atoms with van der Waals surface area (Å²) in [6.07, 6.45) is 5.53. The Morgan fingerprint density at radius 1 is 1.07 bits per heavy atom. The van der Waals surface area contributed by atoms with E-state index < -0.39 is 0 Å². The van der Waals surface area contributed by atoms with Crippen LogP contribution in [-0.2, 0) is 17.9 Å². The summed E-state index contributed by atoms with van der Waals surface area (Å²) < 4.78 is 15.1. The molecular formula is C22H17FN2O2S. The molecular weight excluding hydrogens is 375 g/mol. The maximum Gasteiger partial charge on any atom is 0.293 e. The average Bonchev–Trinajstić information content (AvgIpc) is 3.17. The topological polar surface area (TPSA) is 42.3 Å². The van der Waals surface area contributed by atoms with Crippen molar-refractivity contribution in [2.24, 2.45) is 0 Å². The molecule has 0 aliphatic carbocycles. The Labute approximate surface area is 165 Å². The van der Waals surface area contributed by atoms with Gasteiger partial charge in [0, 0.05) is 29.2 Å². The molecule has 0 bridgehead atoms. The van der Waals surface area contributed by atoms with Gasteiger partial charge in [-0.1, -0.05) is 36.4 Å². The Hall–Kier alpha value is -3.12. The van der Waals surface area contributed by atoms with Gasteiger partial charge < -0.3 is 4.57 Å². The van der Waals surface area contributed by atoms with E-state index in [1.165, 1.54) is 17.0 Å².